The molecule has 0 aromatic rings. The fraction of sp³-hybridized carbons (Fsp3) is 0.769. The molecule has 0 aromatic heterocycles. The van der Waals surface area contributed by atoms with Crippen molar-refractivity contribution in [1.82, 2.24) is 10.2 Å². The summed E-state index contributed by atoms with van der Waals surface area (Å²) >= 11 is 0. The van der Waals surface area contributed by atoms with Crippen LogP contribution in [0.4, 0.5) is 0 Å². The van der Waals surface area contributed by atoms with Gasteiger partial charge < -0.3 is 15.3 Å². The Bertz CT molecular complexity index is 336. The average molecular weight is 272 g/mol. The van der Waals surface area contributed by atoms with Crippen LogP contribution >= 0.6 is 0 Å². The fourth-order valence-corrected chi connectivity index (χ4v) is 1.78. The smallest absolute Gasteiger partial charge is 0.310 e. The summed E-state index contributed by atoms with van der Waals surface area (Å²) < 4.78 is 0. The zero-order chi connectivity index (χ0) is 15.1. The topological polar surface area (TPSA) is 86.7 Å². The molecule has 6 heteroatoms. The number of carbonyl (C=O) groups excluding carboxylic acids is 2. The predicted molar refractivity (Wildman–Crippen MR) is 71.6 cm³/mol. The Labute approximate surface area is 114 Å². The molecule has 0 spiro atoms. The average Bonchev–Trinajstić information content (AvgIpc) is 2.35. The van der Waals surface area contributed by atoms with E-state index in [4.69, 9.17) is 0 Å². The zero-order valence-electron chi connectivity index (χ0n) is 12.2. The van der Waals surface area contributed by atoms with Crippen LogP contribution in [0, 0.1) is 5.41 Å². The Balaban J connectivity index is 4.30. The van der Waals surface area contributed by atoms with Gasteiger partial charge in [0.15, 0.2) is 0 Å². The van der Waals surface area contributed by atoms with Gasteiger partial charge in [-0.05, 0) is 12.8 Å². The van der Waals surface area contributed by atoms with E-state index in [9.17, 15) is 19.5 Å². The van der Waals surface area contributed by atoms with E-state index < -0.39 is 11.4 Å². The normalized spacial score (nSPS) is 10.9. The lowest BCUT2D eigenvalue weighted by Crippen LogP contribution is -2.38. The molecule has 0 aliphatic rings. The van der Waals surface area contributed by atoms with E-state index in [1.807, 2.05) is 0 Å². The Kier molecular flexibility index (Phi) is 7.11. The molecule has 0 atom stereocenters. The van der Waals surface area contributed by atoms with Crippen LogP contribution < -0.4 is 5.32 Å². The molecule has 0 aliphatic heterocycles. The number of carbonyl (C=O) groups is 3. The van der Waals surface area contributed by atoms with Crippen molar-refractivity contribution < 1.29 is 19.5 Å². The Morgan fingerprint density at radius 2 is 1.68 bits per heavy atom. The summed E-state index contributed by atoms with van der Waals surface area (Å²) in [7, 11) is 3.29. The van der Waals surface area contributed by atoms with E-state index in [1.165, 1.54) is 4.90 Å². The minimum Gasteiger partial charge on any atom is -0.481 e. The molecule has 2 amide bonds. The van der Waals surface area contributed by atoms with Crippen molar-refractivity contribution in [3.63, 3.8) is 0 Å². The third-order valence-corrected chi connectivity index (χ3v) is 3.47. The van der Waals surface area contributed by atoms with Crippen molar-refractivity contribution >= 4 is 17.8 Å². The summed E-state index contributed by atoms with van der Waals surface area (Å²) in [6.45, 7) is 3.76. The molecule has 110 valence electrons. The van der Waals surface area contributed by atoms with E-state index in [0.29, 0.717) is 12.8 Å². The molecule has 0 radical (unpaired) electrons. The van der Waals surface area contributed by atoms with E-state index >= 15 is 0 Å². The molecule has 0 fully saturated rings. The molecule has 0 saturated heterocycles. The first kappa shape index (κ1) is 17.4. The standard InChI is InChI=1S/C13H24N2O4/c1-5-13(6-2,12(18)19)9-10(16)14-8-7-11(17)15(3)4/h5-9H2,1-4H3,(H,14,16)(H,18,19). The van der Waals surface area contributed by atoms with Crippen molar-refractivity contribution in [2.24, 2.45) is 5.41 Å². The van der Waals surface area contributed by atoms with Crippen LogP contribution in [-0.4, -0.2) is 48.4 Å². The second kappa shape index (κ2) is 7.76. The molecule has 6 nitrogen and oxygen atoms in total. The van der Waals surface area contributed by atoms with Gasteiger partial charge in [-0.25, -0.2) is 0 Å². The molecule has 0 heterocycles. The van der Waals surface area contributed by atoms with Crippen LogP contribution in [0.2, 0.25) is 0 Å². The molecule has 2 N–H and O–H groups in total. The molecule has 0 bridgehead atoms. The molecule has 19 heavy (non-hydrogen) atoms. The van der Waals surface area contributed by atoms with E-state index in [-0.39, 0.29) is 31.2 Å². The number of amides is 2. The SMILES string of the molecule is CCC(CC)(CC(=O)NCCC(=O)N(C)C)C(=O)O. The maximum atomic E-state index is 11.7. The number of nitrogens with zero attached hydrogens (tertiary/aromatic N) is 1. The number of rotatable bonds is 8. The molecular formula is C13H24N2O4. The van der Waals surface area contributed by atoms with Gasteiger partial charge in [-0.2, -0.15) is 0 Å². The van der Waals surface area contributed by atoms with Gasteiger partial charge in [0.05, 0.1) is 5.41 Å². The molecule has 0 saturated carbocycles. The summed E-state index contributed by atoms with van der Waals surface area (Å²) in [6.07, 6.45) is 0.980. The summed E-state index contributed by atoms with van der Waals surface area (Å²) in [5, 5.41) is 11.8. The van der Waals surface area contributed by atoms with Gasteiger partial charge in [0.1, 0.15) is 0 Å². The Hall–Kier alpha value is -1.59. The fourth-order valence-electron chi connectivity index (χ4n) is 1.78. The number of hydrogen-bond donors (Lipinski definition) is 2. The van der Waals surface area contributed by atoms with Crippen LogP contribution in [-0.2, 0) is 14.4 Å². The lowest BCUT2D eigenvalue weighted by molar-refractivity contribution is -0.152. The second-order valence-corrected chi connectivity index (χ2v) is 4.86. The lowest BCUT2D eigenvalue weighted by atomic mass is 9.79. The molecular weight excluding hydrogens is 248 g/mol. The highest BCUT2D eigenvalue weighted by Crippen LogP contribution is 2.30. The highest BCUT2D eigenvalue weighted by Gasteiger charge is 2.36. The van der Waals surface area contributed by atoms with Crippen LogP contribution in [0.3, 0.4) is 0 Å². The second-order valence-electron chi connectivity index (χ2n) is 4.86. The van der Waals surface area contributed by atoms with Crippen molar-refractivity contribution in [3.8, 4) is 0 Å². The third kappa shape index (κ3) is 5.28. The first-order valence-electron chi connectivity index (χ1n) is 6.49. The summed E-state index contributed by atoms with van der Waals surface area (Å²) in [6, 6.07) is 0. The summed E-state index contributed by atoms with van der Waals surface area (Å²) in [4.78, 5) is 35.7. The summed E-state index contributed by atoms with van der Waals surface area (Å²) in [5.74, 6) is -1.34. The first-order valence-corrected chi connectivity index (χ1v) is 6.49. The van der Waals surface area contributed by atoms with Gasteiger partial charge in [-0.3, -0.25) is 14.4 Å². The Morgan fingerprint density at radius 1 is 1.16 bits per heavy atom. The van der Waals surface area contributed by atoms with Crippen LogP contribution in [0.25, 0.3) is 0 Å². The van der Waals surface area contributed by atoms with E-state index in [0.717, 1.165) is 0 Å². The maximum Gasteiger partial charge on any atom is 0.310 e. The number of carboxylic acids is 1. The third-order valence-electron chi connectivity index (χ3n) is 3.47. The highest BCUT2D eigenvalue weighted by molar-refractivity contribution is 5.85. The van der Waals surface area contributed by atoms with Gasteiger partial charge in [0.2, 0.25) is 11.8 Å². The van der Waals surface area contributed by atoms with Gasteiger partial charge in [0, 0.05) is 33.5 Å². The Morgan fingerprint density at radius 3 is 2.05 bits per heavy atom. The zero-order valence-corrected chi connectivity index (χ0v) is 12.2. The molecule has 0 unspecified atom stereocenters. The van der Waals surface area contributed by atoms with Gasteiger partial charge in [0.25, 0.3) is 0 Å². The van der Waals surface area contributed by atoms with Gasteiger partial charge >= 0.3 is 5.97 Å². The van der Waals surface area contributed by atoms with Crippen LogP contribution in [0.1, 0.15) is 39.5 Å². The predicted octanol–water partition coefficient (Wildman–Crippen LogP) is 0.862. The van der Waals surface area contributed by atoms with Crippen LogP contribution in [0.5, 0.6) is 0 Å². The van der Waals surface area contributed by atoms with Crippen molar-refractivity contribution in [3.05, 3.63) is 0 Å². The van der Waals surface area contributed by atoms with Crippen LogP contribution in [0.15, 0.2) is 0 Å². The van der Waals surface area contributed by atoms with Crippen molar-refractivity contribution in [1.29, 1.82) is 0 Å². The number of carboxylic acid groups (broad SMARTS) is 1. The van der Waals surface area contributed by atoms with Gasteiger partial charge in [-0.1, -0.05) is 13.8 Å². The monoisotopic (exact) mass is 272 g/mol. The van der Waals surface area contributed by atoms with Gasteiger partial charge in [-0.15, -0.1) is 0 Å². The maximum absolute atomic E-state index is 11.7. The molecule has 0 aromatic carbocycles. The minimum atomic E-state index is -1.00. The highest BCUT2D eigenvalue weighted by atomic mass is 16.4. The molecule has 0 rings (SSSR count). The van der Waals surface area contributed by atoms with E-state index in [2.05, 4.69) is 5.32 Å². The minimum absolute atomic E-state index is 0.0501. The van der Waals surface area contributed by atoms with Crippen molar-refractivity contribution in [2.75, 3.05) is 20.6 Å². The van der Waals surface area contributed by atoms with Crippen molar-refractivity contribution in [2.45, 2.75) is 39.5 Å². The molecule has 0 aliphatic carbocycles. The quantitative estimate of drug-likeness (QED) is 0.686. The van der Waals surface area contributed by atoms with E-state index in [1.54, 1.807) is 27.9 Å². The largest absolute Gasteiger partial charge is 0.481 e. The number of hydrogen-bond acceptors (Lipinski definition) is 3. The lowest BCUT2D eigenvalue weighted by Gasteiger charge is -2.25. The number of aliphatic carboxylic acids is 1. The first-order chi connectivity index (χ1) is 8.79. The number of nitrogens with one attached hydrogen (secondary N) is 1. The summed E-state index contributed by atoms with van der Waals surface area (Å²) in [5.41, 5.74) is -1.00.